The molecule has 0 spiro atoms. The van der Waals surface area contributed by atoms with Crippen molar-refractivity contribution < 1.29 is 22.6 Å². The Labute approximate surface area is 118 Å². The highest BCUT2D eigenvalue weighted by Gasteiger charge is 2.30. The minimum absolute atomic E-state index is 0. The third-order valence-corrected chi connectivity index (χ3v) is 3.34. The van der Waals surface area contributed by atoms with Crippen molar-refractivity contribution in [3.05, 3.63) is 51.5 Å². The average molecular weight is 316 g/mol. The summed E-state index contributed by atoms with van der Waals surface area (Å²) in [4.78, 5) is 25.4. The summed E-state index contributed by atoms with van der Waals surface area (Å²) in [6, 6.07) is 3.42. The van der Waals surface area contributed by atoms with Crippen LogP contribution < -0.4 is 0 Å². The van der Waals surface area contributed by atoms with Crippen molar-refractivity contribution in [1.29, 1.82) is 0 Å². The summed E-state index contributed by atoms with van der Waals surface area (Å²) in [7, 11) is -4.64. The normalized spacial score (nSPS) is 13.8. The van der Waals surface area contributed by atoms with Crippen LogP contribution in [0, 0.1) is 0 Å². The minimum atomic E-state index is -4.64. The third-order valence-electron chi connectivity index (χ3n) is 2.45. The van der Waals surface area contributed by atoms with Gasteiger partial charge in [-0.25, -0.2) is 0 Å². The van der Waals surface area contributed by atoms with Crippen molar-refractivity contribution in [2.75, 3.05) is 0 Å². The van der Waals surface area contributed by atoms with Crippen LogP contribution in [-0.4, -0.2) is 24.5 Å². The summed E-state index contributed by atoms with van der Waals surface area (Å²) >= 11 is 0. The Morgan fingerprint density at radius 1 is 1.25 bits per heavy atom. The van der Waals surface area contributed by atoms with E-state index in [4.69, 9.17) is 10.1 Å². The first-order valence-corrected chi connectivity index (χ1v) is 6.26. The Morgan fingerprint density at radius 2 is 1.90 bits per heavy atom. The van der Waals surface area contributed by atoms with Gasteiger partial charge in [0.2, 0.25) is 0 Å². The lowest BCUT2D eigenvalue weighted by Gasteiger charge is -2.14. The van der Waals surface area contributed by atoms with Gasteiger partial charge in [-0.05, 0) is 17.7 Å². The number of fused-ring (bicyclic) bond motifs is 1. The molecule has 1 aliphatic carbocycles. The SMILES string of the molecule is Cl.[N-]=[N+]=NC1=CC(=O)c2c(cccc2S(=O)(=O)O)C1=O. The Morgan fingerprint density at radius 3 is 2.45 bits per heavy atom. The van der Waals surface area contributed by atoms with E-state index in [-0.39, 0.29) is 18.0 Å². The molecule has 0 aliphatic heterocycles. The van der Waals surface area contributed by atoms with Gasteiger partial charge in [0.05, 0.1) is 11.3 Å². The highest BCUT2D eigenvalue weighted by atomic mass is 35.5. The van der Waals surface area contributed by atoms with Gasteiger partial charge in [-0.1, -0.05) is 17.2 Å². The number of carbonyl (C=O) groups is 2. The van der Waals surface area contributed by atoms with E-state index in [9.17, 15) is 18.0 Å². The van der Waals surface area contributed by atoms with E-state index in [1.165, 1.54) is 12.1 Å². The fourth-order valence-corrected chi connectivity index (χ4v) is 2.43. The molecule has 1 aromatic carbocycles. The second-order valence-electron chi connectivity index (χ2n) is 3.57. The molecule has 2 rings (SSSR count). The van der Waals surface area contributed by atoms with E-state index in [0.717, 1.165) is 12.1 Å². The number of azide groups is 1. The second-order valence-corrected chi connectivity index (χ2v) is 4.96. The van der Waals surface area contributed by atoms with Crippen molar-refractivity contribution in [3.63, 3.8) is 0 Å². The molecule has 0 heterocycles. The molecule has 104 valence electrons. The number of hydrogen-bond acceptors (Lipinski definition) is 5. The van der Waals surface area contributed by atoms with Gasteiger partial charge >= 0.3 is 0 Å². The van der Waals surface area contributed by atoms with Crippen molar-refractivity contribution in [3.8, 4) is 0 Å². The molecule has 0 amide bonds. The van der Waals surface area contributed by atoms with Gasteiger partial charge in [0, 0.05) is 10.5 Å². The molecule has 0 fully saturated rings. The lowest BCUT2D eigenvalue weighted by molar-refractivity contribution is 0.0981. The first-order chi connectivity index (χ1) is 8.86. The Bertz CT molecular complexity index is 793. The van der Waals surface area contributed by atoms with Gasteiger partial charge in [-0.15, -0.1) is 12.4 Å². The molecular formula is C10H6ClN3O5S. The number of carbonyl (C=O) groups excluding carboxylic acids is 2. The van der Waals surface area contributed by atoms with Crippen molar-refractivity contribution in [2.24, 2.45) is 5.11 Å². The topological polar surface area (TPSA) is 137 Å². The molecule has 0 aromatic heterocycles. The number of allylic oxidation sites excluding steroid dienone is 2. The molecular weight excluding hydrogens is 310 g/mol. The fourth-order valence-electron chi connectivity index (χ4n) is 1.71. The number of rotatable bonds is 2. The van der Waals surface area contributed by atoms with E-state index in [1.807, 2.05) is 0 Å². The second kappa shape index (κ2) is 5.43. The van der Waals surface area contributed by atoms with E-state index in [2.05, 4.69) is 10.0 Å². The molecule has 0 radical (unpaired) electrons. The maximum absolute atomic E-state index is 11.9. The molecule has 1 aliphatic rings. The molecule has 0 bridgehead atoms. The Hall–Kier alpha value is -2.19. The van der Waals surface area contributed by atoms with Crippen molar-refractivity contribution in [1.82, 2.24) is 0 Å². The zero-order chi connectivity index (χ0) is 14.2. The number of benzene rings is 1. The van der Waals surface area contributed by atoms with Crippen molar-refractivity contribution >= 4 is 34.1 Å². The highest BCUT2D eigenvalue weighted by molar-refractivity contribution is 7.86. The first kappa shape index (κ1) is 15.9. The number of nitrogens with zero attached hydrogens (tertiary/aromatic N) is 3. The molecule has 10 heteroatoms. The van der Waals surface area contributed by atoms with E-state index in [0.29, 0.717) is 0 Å². The zero-order valence-corrected chi connectivity index (χ0v) is 11.2. The summed E-state index contributed by atoms with van der Waals surface area (Å²) in [5, 5.41) is 3.07. The molecule has 0 saturated carbocycles. The monoisotopic (exact) mass is 315 g/mol. The van der Waals surface area contributed by atoms with Gasteiger partial charge in [0.1, 0.15) is 4.90 Å². The molecule has 1 N–H and O–H groups in total. The van der Waals surface area contributed by atoms with Crippen LogP contribution in [0.25, 0.3) is 10.4 Å². The van der Waals surface area contributed by atoms with Gasteiger partial charge < -0.3 is 0 Å². The van der Waals surface area contributed by atoms with Crippen LogP contribution in [0.2, 0.25) is 0 Å². The van der Waals surface area contributed by atoms with Crippen LogP contribution in [0.3, 0.4) is 0 Å². The summed E-state index contributed by atoms with van der Waals surface area (Å²) in [5.74, 6) is -1.61. The minimum Gasteiger partial charge on any atom is -0.289 e. The maximum Gasteiger partial charge on any atom is 0.295 e. The summed E-state index contributed by atoms with van der Waals surface area (Å²) in [5.41, 5.74) is 7.19. The predicted molar refractivity (Wildman–Crippen MR) is 69.4 cm³/mol. The average Bonchev–Trinajstić information content (AvgIpc) is 2.34. The lowest BCUT2D eigenvalue weighted by Crippen LogP contribution is -2.19. The summed E-state index contributed by atoms with van der Waals surface area (Å²) in [6.45, 7) is 0. The third kappa shape index (κ3) is 2.56. The summed E-state index contributed by atoms with van der Waals surface area (Å²) in [6.07, 6.45) is 0.735. The number of halogens is 1. The van der Waals surface area contributed by atoms with Crippen LogP contribution in [0.5, 0.6) is 0 Å². The number of ketones is 2. The predicted octanol–water partition coefficient (Wildman–Crippen LogP) is 1.93. The standard InChI is InChI=1S/C10H5N3O5S.ClH/c11-13-12-6-4-7(14)9-5(10(6)15)2-1-3-8(9)19(16,17)18;/h1-4H,(H,16,17,18);1H. The quantitative estimate of drug-likeness (QED) is 0.384. The van der Waals surface area contributed by atoms with Crippen LogP contribution in [0.1, 0.15) is 20.7 Å². The van der Waals surface area contributed by atoms with Gasteiger partial charge in [-0.2, -0.15) is 8.42 Å². The molecule has 0 unspecified atom stereocenters. The largest absolute Gasteiger partial charge is 0.295 e. The van der Waals surface area contributed by atoms with Crippen LogP contribution in [0.4, 0.5) is 0 Å². The molecule has 20 heavy (non-hydrogen) atoms. The van der Waals surface area contributed by atoms with Gasteiger partial charge in [0.25, 0.3) is 10.1 Å². The molecule has 1 aromatic rings. The van der Waals surface area contributed by atoms with Gasteiger partial charge in [-0.3, -0.25) is 14.1 Å². The highest BCUT2D eigenvalue weighted by Crippen LogP contribution is 2.27. The van der Waals surface area contributed by atoms with Crippen LogP contribution >= 0.6 is 12.4 Å². The van der Waals surface area contributed by atoms with E-state index >= 15 is 0 Å². The van der Waals surface area contributed by atoms with E-state index in [1.54, 1.807) is 0 Å². The van der Waals surface area contributed by atoms with E-state index < -0.39 is 37.8 Å². The molecule has 0 atom stereocenters. The lowest BCUT2D eigenvalue weighted by atomic mass is 9.93. The molecule has 0 saturated heterocycles. The maximum atomic E-state index is 11.9. The van der Waals surface area contributed by atoms with Crippen LogP contribution in [0.15, 0.2) is 40.0 Å². The smallest absolute Gasteiger partial charge is 0.289 e. The molecule has 8 nitrogen and oxygen atoms in total. The van der Waals surface area contributed by atoms with Crippen LogP contribution in [-0.2, 0) is 10.1 Å². The number of hydrogen-bond donors (Lipinski definition) is 1. The zero-order valence-electron chi connectivity index (χ0n) is 9.55. The first-order valence-electron chi connectivity index (χ1n) is 4.82. The summed E-state index contributed by atoms with van der Waals surface area (Å²) < 4.78 is 31.3. The number of Topliss-reactive ketones (excluding diaryl/α,β-unsaturated/α-hetero) is 1. The van der Waals surface area contributed by atoms with Crippen molar-refractivity contribution in [2.45, 2.75) is 4.90 Å². The fraction of sp³-hybridized carbons (Fsp3) is 0. The van der Waals surface area contributed by atoms with Gasteiger partial charge in [0.15, 0.2) is 11.6 Å². The Balaban J connectivity index is 0.00000200. The Kier molecular flexibility index (Phi) is 4.31.